The number of fused-ring (bicyclic) bond motifs is 11. The lowest BCUT2D eigenvalue weighted by molar-refractivity contribution is 0.612. The van der Waals surface area contributed by atoms with Crippen LogP contribution in [-0.2, 0) is 0 Å². The molecular weight excluding hydrogens is 745 g/mol. The number of aromatic nitrogens is 4. The van der Waals surface area contributed by atoms with Crippen molar-refractivity contribution in [1.82, 2.24) is 19.5 Å². The molecule has 5 nitrogen and oxygen atoms in total. The van der Waals surface area contributed by atoms with Crippen LogP contribution in [0.15, 0.2) is 192 Å². The SMILES string of the molecule is CC1c2ccccc2-c2ccccc2C1c1nc(-c2ccc3ccccc3c2)nc(-c2ccc(-n3c4ccccc4c4cc5ccccc5cc43)c3oc4ccccc4c23)n1. The van der Waals surface area contributed by atoms with Gasteiger partial charge < -0.3 is 8.98 Å². The first kappa shape index (κ1) is 34.0. The maximum Gasteiger partial charge on any atom is 0.164 e. The summed E-state index contributed by atoms with van der Waals surface area (Å²) in [6.07, 6.45) is 0. The van der Waals surface area contributed by atoms with Crippen molar-refractivity contribution in [1.29, 1.82) is 0 Å². The van der Waals surface area contributed by atoms with Gasteiger partial charge in [0.1, 0.15) is 11.4 Å². The summed E-state index contributed by atoms with van der Waals surface area (Å²) < 4.78 is 9.34. The molecule has 0 amide bonds. The van der Waals surface area contributed by atoms with E-state index >= 15 is 0 Å². The van der Waals surface area contributed by atoms with Crippen LogP contribution in [0, 0.1) is 0 Å². The Labute approximate surface area is 351 Å². The molecule has 0 spiro atoms. The number of hydrogen-bond donors (Lipinski definition) is 0. The van der Waals surface area contributed by atoms with Gasteiger partial charge in [0.25, 0.3) is 0 Å². The van der Waals surface area contributed by atoms with Gasteiger partial charge in [0.05, 0.1) is 22.6 Å². The zero-order chi connectivity index (χ0) is 40.2. The summed E-state index contributed by atoms with van der Waals surface area (Å²) >= 11 is 0. The molecule has 0 aliphatic heterocycles. The highest BCUT2D eigenvalue weighted by molar-refractivity contribution is 6.17. The molecular formula is C56H36N4O. The molecule has 9 aromatic carbocycles. The standard InChI is InChI=1S/C56H36N4O/c1-33-39-18-6-7-19-40(39)41-20-8-9-22-43(41)51(33)56-58-54(38-27-26-34-14-2-3-15-35(34)30-38)57-55(59-56)45-28-29-48(53-52(45)44-23-11-13-25-50(44)61-53)60-47-24-12-10-21-42(47)46-31-36-16-4-5-17-37(36)32-49(46)60/h2-33,51H,1H3. The largest absolute Gasteiger partial charge is 0.454 e. The molecule has 0 N–H and O–H groups in total. The van der Waals surface area contributed by atoms with E-state index in [9.17, 15) is 0 Å². The van der Waals surface area contributed by atoms with Crippen molar-refractivity contribution in [2.45, 2.75) is 18.8 Å². The summed E-state index contributed by atoms with van der Waals surface area (Å²) in [6.45, 7) is 2.31. The van der Waals surface area contributed by atoms with Crippen LogP contribution in [0.3, 0.4) is 0 Å². The lowest BCUT2D eigenvalue weighted by Crippen LogP contribution is -2.20. The van der Waals surface area contributed by atoms with Gasteiger partial charge in [-0.15, -0.1) is 0 Å². The van der Waals surface area contributed by atoms with Crippen LogP contribution in [0.2, 0.25) is 0 Å². The zero-order valence-electron chi connectivity index (χ0n) is 33.2. The van der Waals surface area contributed by atoms with Gasteiger partial charge in [-0.3, -0.25) is 0 Å². The number of rotatable bonds is 4. The van der Waals surface area contributed by atoms with Crippen molar-refractivity contribution in [3.05, 3.63) is 205 Å². The average Bonchev–Trinajstić information content (AvgIpc) is 3.86. The third kappa shape index (κ3) is 5.10. The Morgan fingerprint density at radius 3 is 1.93 bits per heavy atom. The van der Waals surface area contributed by atoms with Gasteiger partial charge in [-0.1, -0.05) is 153 Å². The van der Waals surface area contributed by atoms with Crippen molar-refractivity contribution in [2.24, 2.45) is 0 Å². The first-order chi connectivity index (χ1) is 30.2. The van der Waals surface area contributed by atoms with Gasteiger partial charge in [-0.2, -0.15) is 0 Å². The fourth-order valence-corrected chi connectivity index (χ4v) is 10.2. The number of hydrogen-bond acceptors (Lipinski definition) is 4. The predicted molar refractivity (Wildman–Crippen MR) is 249 cm³/mol. The monoisotopic (exact) mass is 780 g/mol. The van der Waals surface area contributed by atoms with Crippen molar-refractivity contribution < 1.29 is 4.42 Å². The van der Waals surface area contributed by atoms with Gasteiger partial charge in [-0.25, -0.2) is 15.0 Å². The van der Waals surface area contributed by atoms with Gasteiger partial charge >= 0.3 is 0 Å². The Hall–Kier alpha value is -7.89. The Morgan fingerprint density at radius 1 is 0.459 bits per heavy atom. The molecule has 286 valence electrons. The van der Waals surface area contributed by atoms with Crippen LogP contribution in [-0.4, -0.2) is 19.5 Å². The van der Waals surface area contributed by atoms with E-state index in [1.165, 1.54) is 49.2 Å². The minimum absolute atomic E-state index is 0.102. The lowest BCUT2D eigenvalue weighted by atomic mass is 9.72. The summed E-state index contributed by atoms with van der Waals surface area (Å²) in [5.74, 6) is 2.04. The van der Waals surface area contributed by atoms with Gasteiger partial charge in [0.2, 0.25) is 0 Å². The van der Waals surface area contributed by atoms with Crippen molar-refractivity contribution in [3.63, 3.8) is 0 Å². The van der Waals surface area contributed by atoms with Crippen LogP contribution in [0.5, 0.6) is 0 Å². The van der Waals surface area contributed by atoms with E-state index in [4.69, 9.17) is 19.4 Å². The number of benzene rings is 9. The lowest BCUT2D eigenvalue weighted by Gasteiger charge is -2.33. The number of furan rings is 1. The van der Waals surface area contributed by atoms with Crippen molar-refractivity contribution >= 4 is 65.3 Å². The second-order valence-electron chi connectivity index (χ2n) is 16.3. The topological polar surface area (TPSA) is 56.7 Å². The molecule has 0 radical (unpaired) electrons. The van der Waals surface area contributed by atoms with E-state index in [0.717, 1.165) is 61.0 Å². The predicted octanol–water partition coefficient (Wildman–Crippen LogP) is 14.4. The molecule has 12 aromatic rings. The van der Waals surface area contributed by atoms with Crippen LogP contribution in [0.1, 0.15) is 35.7 Å². The molecule has 0 saturated heterocycles. The third-order valence-electron chi connectivity index (χ3n) is 13.0. The number of nitrogens with zero attached hydrogens (tertiary/aromatic N) is 4. The molecule has 3 aromatic heterocycles. The molecule has 1 aliphatic carbocycles. The summed E-state index contributed by atoms with van der Waals surface area (Å²) in [7, 11) is 0. The molecule has 2 unspecified atom stereocenters. The molecule has 2 atom stereocenters. The minimum Gasteiger partial charge on any atom is -0.454 e. The molecule has 0 fully saturated rings. The van der Waals surface area contributed by atoms with Gasteiger partial charge in [0.15, 0.2) is 17.2 Å². The second kappa shape index (κ2) is 13.1. The fourth-order valence-electron chi connectivity index (χ4n) is 10.2. The van der Waals surface area contributed by atoms with Crippen LogP contribution >= 0.6 is 0 Å². The first-order valence-corrected chi connectivity index (χ1v) is 21.0. The van der Waals surface area contributed by atoms with E-state index in [-0.39, 0.29) is 11.8 Å². The van der Waals surface area contributed by atoms with E-state index < -0.39 is 0 Å². The van der Waals surface area contributed by atoms with Gasteiger partial charge in [0, 0.05) is 32.7 Å². The second-order valence-corrected chi connectivity index (χ2v) is 16.3. The van der Waals surface area contributed by atoms with Gasteiger partial charge in [-0.05, 0) is 92.2 Å². The smallest absolute Gasteiger partial charge is 0.164 e. The highest BCUT2D eigenvalue weighted by atomic mass is 16.3. The summed E-state index contributed by atoms with van der Waals surface area (Å²) in [4.78, 5) is 16.3. The third-order valence-corrected chi connectivity index (χ3v) is 13.0. The Kier molecular flexibility index (Phi) is 7.28. The van der Waals surface area contributed by atoms with Crippen LogP contribution in [0.25, 0.3) is 105 Å². The molecule has 0 saturated carbocycles. The highest BCUT2D eigenvalue weighted by Gasteiger charge is 2.35. The van der Waals surface area contributed by atoms with E-state index in [1.807, 2.05) is 6.07 Å². The molecule has 1 aliphatic rings. The fraction of sp³-hybridized carbons (Fsp3) is 0.0536. The Bertz CT molecular complexity index is 3760. The molecule has 3 heterocycles. The Balaban J connectivity index is 1.10. The molecule has 0 bridgehead atoms. The average molecular weight is 781 g/mol. The molecule has 5 heteroatoms. The van der Waals surface area contributed by atoms with Crippen LogP contribution < -0.4 is 0 Å². The minimum atomic E-state index is -0.102. The summed E-state index contributed by atoms with van der Waals surface area (Å²) in [6, 6.07) is 67.0. The number of para-hydroxylation sites is 2. The van der Waals surface area contributed by atoms with E-state index in [1.54, 1.807) is 0 Å². The normalized spacial score (nSPS) is 15.0. The summed E-state index contributed by atoms with van der Waals surface area (Å²) in [5.41, 5.74) is 11.7. The van der Waals surface area contributed by atoms with Crippen molar-refractivity contribution in [2.75, 3.05) is 0 Å². The van der Waals surface area contributed by atoms with Crippen LogP contribution in [0.4, 0.5) is 0 Å². The summed E-state index contributed by atoms with van der Waals surface area (Å²) in [5, 5.41) is 9.11. The first-order valence-electron chi connectivity index (χ1n) is 21.0. The maximum absolute atomic E-state index is 6.98. The zero-order valence-corrected chi connectivity index (χ0v) is 33.2. The van der Waals surface area contributed by atoms with E-state index in [0.29, 0.717) is 11.6 Å². The quantitative estimate of drug-likeness (QED) is 0.178. The van der Waals surface area contributed by atoms with Crippen molar-refractivity contribution in [3.8, 4) is 39.6 Å². The maximum atomic E-state index is 6.98. The van der Waals surface area contributed by atoms with E-state index in [2.05, 4.69) is 193 Å². The Morgan fingerprint density at radius 2 is 1.10 bits per heavy atom. The highest BCUT2D eigenvalue weighted by Crippen LogP contribution is 2.50. The molecule has 13 rings (SSSR count). The molecule has 61 heavy (non-hydrogen) atoms.